The third-order valence-electron chi connectivity index (χ3n) is 2.63. The van der Waals surface area contributed by atoms with Gasteiger partial charge in [-0.3, -0.25) is 0 Å². The molecule has 0 radical (unpaired) electrons. The summed E-state index contributed by atoms with van der Waals surface area (Å²) in [4.78, 5) is 15.2. The van der Waals surface area contributed by atoms with E-state index >= 15 is 0 Å². The van der Waals surface area contributed by atoms with Crippen LogP contribution >= 0.6 is 22.9 Å². The van der Waals surface area contributed by atoms with E-state index in [1.165, 1.54) is 0 Å². The van der Waals surface area contributed by atoms with Gasteiger partial charge in [-0.1, -0.05) is 32.4 Å². The van der Waals surface area contributed by atoms with Crippen LogP contribution in [0.15, 0.2) is 17.0 Å². The summed E-state index contributed by atoms with van der Waals surface area (Å²) in [6.45, 7) is 6.93. The average molecular weight is 297 g/mol. The first-order chi connectivity index (χ1) is 8.86. The van der Waals surface area contributed by atoms with E-state index in [0.29, 0.717) is 11.7 Å². The Bertz CT molecular complexity index is 548. The van der Waals surface area contributed by atoms with E-state index in [1.54, 1.807) is 17.4 Å². The minimum atomic E-state index is -0.124. The predicted octanol–water partition coefficient (Wildman–Crippen LogP) is 3.52. The topological polar surface area (TPSA) is 41.9 Å². The molecule has 2 aromatic rings. The molecule has 0 bridgehead atoms. The van der Waals surface area contributed by atoms with E-state index in [0.717, 1.165) is 17.3 Å². The summed E-state index contributed by atoms with van der Waals surface area (Å²) in [5, 5.41) is 2.50. The molecule has 0 amide bonds. The van der Waals surface area contributed by atoms with Gasteiger partial charge in [-0.2, -0.15) is 0 Å². The highest BCUT2D eigenvalue weighted by Crippen LogP contribution is 2.24. The van der Waals surface area contributed by atoms with Gasteiger partial charge in [0.05, 0.1) is 17.7 Å². The Hall–Kier alpha value is -1.20. The fraction of sp³-hybridized carbons (Fsp3) is 0.462. The molecule has 0 aliphatic heterocycles. The second-order valence-corrected chi connectivity index (χ2v) is 6.56. The van der Waals surface area contributed by atoms with E-state index in [9.17, 15) is 0 Å². The fourth-order valence-electron chi connectivity index (χ4n) is 1.58. The molecule has 0 aliphatic rings. The van der Waals surface area contributed by atoms with Gasteiger partial charge in [0, 0.05) is 23.9 Å². The molecule has 0 fully saturated rings. The smallest absolute Gasteiger partial charge is 0.137 e. The number of halogens is 1. The molecule has 0 aromatic carbocycles. The van der Waals surface area contributed by atoms with Gasteiger partial charge in [0.1, 0.15) is 16.8 Å². The van der Waals surface area contributed by atoms with E-state index in [2.05, 4.69) is 35.7 Å². The van der Waals surface area contributed by atoms with Crippen LogP contribution in [0.4, 0.5) is 5.82 Å². The largest absolute Gasteiger partial charge is 0.354 e. The Balaban J connectivity index is 2.26. The number of aromatic nitrogens is 3. The molecule has 0 aliphatic carbocycles. The Morgan fingerprint density at radius 2 is 2.05 bits per heavy atom. The molecule has 0 atom stereocenters. The Kier molecular flexibility index (Phi) is 4.06. The first kappa shape index (κ1) is 14.2. The summed E-state index contributed by atoms with van der Waals surface area (Å²) in [6, 6.07) is 1.78. The Labute approximate surface area is 122 Å². The summed E-state index contributed by atoms with van der Waals surface area (Å²) in [7, 11) is 1.98. The van der Waals surface area contributed by atoms with Crippen LogP contribution in [0.1, 0.15) is 32.3 Å². The van der Waals surface area contributed by atoms with E-state index in [1.807, 2.05) is 22.8 Å². The Morgan fingerprint density at radius 1 is 1.32 bits per heavy atom. The van der Waals surface area contributed by atoms with Crippen molar-refractivity contribution in [2.45, 2.75) is 32.7 Å². The Morgan fingerprint density at radius 3 is 2.63 bits per heavy atom. The van der Waals surface area contributed by atoms with Gasteiger partial charge in [-0.05, 0) is 0 Å². The van der Waals surface area contributed by atoms with Crippen molar-refractivity contribution < 1.29 is 0 Å². The van der Waals surface area contributed by atoms with Gasteiger partial charge >= 0.3 is 0 Å². The summed E-state index contributed by atoms with van der Waals surface area (Å²) in [5.74, 6) is 1.57. The number of hydrogen-bond donors (Lipinski definition) is 0. The lowest BCUT2D eigenvalue weighted by atomic mass is 9.96. The van der Waals surface area contributed by atoms with Gasteiger partial charge in [0.25, 0.3) is 0 Å². The number of hydrogen-bond acceptors (Lipinski definition) is 5. The molecule has 0 spiro atoms. The molecule has 2 aromatic heterocycles. The van der Waals surface area contributed by atoms with E-state index in [4.69, 9.17) is 11.6 Å². The number of thiazole rings is 1. The standard InChI is InChI=1S/C13H17ClN4S/c1-13(2,3)12-16-10(14)5-11(17-12)18(4)6-9-7-19-8-15-9/h5,7-8H,6H2,1-4H3. The van der Waals surface area contributed by atoms with Crippen molar-refractivity contribution in [1.29, 1.82) is 0 Å². The third-order valence-corrected chi connectivity index (χ3v) is 3.45. The van der Waals surface area contributed by atoms with Crippen LogP contribution in [0, 0.1) is 0 Å². The third kappa shape index (κ3) is 3.64. The number of nitrogens with zero attached hydrogens (tertiary/aromatic N) is 4. The van der Waals surface area contributed by atoms with Crippen molar-refractivity contribution in [1.82, 2.24) is 15.0 Å². The van der Waals surface area contributed by atoms with Crippen LogP contribution in [0.2, 0.25) is 5.15 Å². The molecular weight excluding hydrogens is 280 g/mol. The fourth-order valence-corrected chi connectivity index (χ4v) is 2.30. The average Bonchev–Trinajstić information content (AvgIpc) is 2.79. The SMILES string of the molecule is CN(Cc1cscn1)c1cc(Cl)nc(C(C)(C)C)n1. The van der Waals surface area contributed by atoms with Crippen molar-refractivity contribution >= 4 is 28.8 Å². The van der Waals surface area contributed by atoms with Crippen LogP contribution in [0.25, 0.3) is 0 Å². The lowest BCUT2D eigenvalue weighted by Gasteiger charge is -2.21. The van der Waals surface area contributed by atoms with Gasteiger partial charge < -0.3 is 4.90 Å². The molecule has 0 N–H and O–H groups in total. The van der Waals surface area contributed by atoms with Gasteiger partial charge in [-0.25, -0.2) is 15.0 Å². The second kappa shape index (κ2) is 5.43. The van der Waals surface area contributed by atoms with Crippen LogP contribution in [0.5, 0.6) is 0 Å². The maximum Gasteiger partial charge on any atom is 0.137 e. The number of anilines is 1. The summed E-state index contributed by atoms with van der Waals surface area (Å²) in [6.07, 6.45) is 0. The normalized spacial score (nSPS) is 11.6. The lowest BCUT2D eigenvalue weighted by molar-refractivity contribution is 0.544. The number of rotatable bonds is 3. The summed E-state index contributed by atoms with van der Waals surface area (Å²) < 4.78 is 0. The van der Waals surface area contributed by atoms with Crippen molar-refractivity contribution in [2.24, 2.45) is 0 Å². The zero-order chi connectivity index (χ0) is 14.0. The van der Waals surface area contributed by atoms with Crippen LogP contribution in [0.3, 0.4) is 0 Å². The highest BCUT2D eigenvalue weighted by molar-refractivity contribution is 7.07. The maximum atomic E-state index is 6.09. The molecule has 0 unspecified atom stereocenters. The first-order valence-corrected chi connectivity index (χ1v) is 7.31. The van der Waals surface area contributed by atoms with Crippen LogP contribution < -0.4 is 4.90 Å². The van der Waals surface area contributed by atoms with Crippen molar-refractivity contribution in [3.05, 3.63) is 33.6 Å². The van der Waals surface area contributed by atoms with E-state index < -0.39 is 0 Å². The van der Waals surface area contributed by atoms with Crippen molar-refractivity contribution in [3.63, 3.8) is 0 Å². The van der Waals surface area contributed by atoms with E-state index in [-0.39, 0.29) is 5.41 Å². The molecular formula is C13H17ClN4S. The minimum absolute atomic E-state index is 0.124. The first-order valence-electron chi connectivity index (χ1n) is 5.99. The molecule has 102 valence electrons. The summed E-state index contributed by atoms with van der Waals surface area (Å²) >= 11 is 7.68. The maximum absolute atomic E-state index is 6.09. The second-order valence-electron chi connectivity index (χ2n) is 5.46. The predicted molar refractivity (Wildman–Crippen MR) is 80.0 cm³/mol. The highest BCUT2D eigenvalue weighted by atomic mass is 35.5. The van der Waals surface area contributed by atoms with Crippen LogP contribution in [-0.2, 0) is 12.0 Å². The zero-order valence-corrected chi connectivity index (χ0v) is 13.1. The monoisotopic (exact) mass is 296 g/mol. The zero-order valence-electron chi connectivity index (χ0n) is 11.5. The molecule has 2 rings (SSSR count). The summed E-state index contributed by atoms with van der Waals surface area (Å²) in [5.41, 5.74) is 2.73. The van der Waals surface area contributed by atoms with Crippen molar-refractivity contribution in [3.8, 4) is 0 Å². The minimum Gasteiger partial charge on any atom is -0.354 e. The molecule has 0 saturated carbocycles. The van der Waals surface area contributed by atoms with Gasteiger partial charge in [-0.15, -0.1) is 11.3 Å². The molecule has 19 heavy (non-hydrogen) atoms. The lowest BCUT2D eigenvalue weighted by Crippen LogP contribution is -2.22. The van der Waals surface area contributed by atoms with Gasteiger partial charge in [0.2, 0.25) is 0 Å². The quantitative estimate of drug-likeness (QED) is 0.813. The molecule has 2 heterocycles. The highest BCUT2D eigenvalue weighted by Gasteiger charge is 2.19. The molecule has 4 nitrogen and oxygen atoms in total. The molecule has 0 saturated heterocycles. The van der Waals surface area contributed by atoms with Gasteiger partial charge in [0.15, 0.2) is 0 Å². The van der Waals surface area contributed by atoms with Crippen LogP contribution in [-0.4, -0.2) is 22.0 Å². The van der Waals surface area contributed by atoms with Crippen molar-refractivity contribution in [2.75, 3.05) is 11.9 Å². The molecule has 6 heteroatoms.